The Morgan fingerprint density at radius 3 is 2.47 bits per heavy atom. The van der Waals surface area contributed by atoms with E-state index in [0.29, 0.717) is 24.3 Å². The van der Waals surface area contributed by atoms with E-state index in [9.17, 15) is 13.2 Å². The van der Waals surface area contributed by atoms with E-state index >= 15 is 0 Å². The van der Waals surface area contributed by atoms with Crippen molar-refractivity contribution in [3.63, 3.8) is 0 Å². The summed E-state index contributed by atoms with van der Waals surface area (Å²) in [4.78, 5) is 14.9. The fraction of sp³-hybridized carbons (Fsp3) is 0.240. The minimum Gasteiger partial charge on any atom is -0.495 e. The highest BCUT2D eigenvalue weighted by Gasteiger charge is 2.32. The van der Waals surface area contributed by atoms with Crippen molar-refractivity contribution in [2.45, 2.75) is 24.7 Å². The van der Waals surface area contributed by atoms with Gasteiger partial charge in [0.2, 0.25) is 0 Å². The Hall–Kier alpha value is -3.32. The van der Waals surface area contributed by atoms with Crippen LogP contribution in [-0.4, -0.2) is 34.5 Å². The second kappa shape index (κ2) is 9.04. The average molecular weight is 451 g/mol. The fourth-order valence-corrected chi connectivity index (χ4v) is 5.81. The van der Waals surface area contributed by atoms with Crippen LogP contribution in [-0.2, 0) is 16.4 Å². The number of benzene rings is 3. The number of carbonyl (C=O) groups is 1. The predicted molar refractivity (Wildman–Crippen MR) is 126 cm³/mol. The third-order valence-electron chi connectivity index (χ3n) is 5.68. The van der Waals surface area contributed by atoms with Gasteiger partial charge in [0.15, 0.2) is 0 Å². The van der Waals surface area contributed by atoms with Gasteiger partial charge in [0.25, 0.3) is 15.9 Å². The van der Waals surface area contributed by atoms with Crippen molar-refractivity contribution in [2.75, 3.05) is 29.4 Å². The number of hydrogen-bond acceptors (Lipinski definition) is 4. The lowest BCUT2D eigenvalue weighted by atomic mass is 10.0. The number of aryl methyl sites for hydroxylation is 1. The van der Waals surface area contributed by atoms with Crippen molar-refractivity contribution in [2.24, 2.45) is 0 Å². The molecule has 6 nitrogen and oxygen atoms in total. The SMILES string of the molecule is CCN(C(=O)c1ccc(OC)c(S(=O)(=O)N2CCCc3ccccc32)c1)c1ccccc1. The Morgan fingerprint density at radius 1 is 1.03 bits per heavy atom. The molecule has 0 bridgehead atoms. The third kappa shape index (κ3) is 3.96. The van der Waals surface area contributed by atoms with Gasteiger partial charge >= 0.3 is 0 Å². The van der Waals surface area contributed by atoms with Crippen LogP contribution >= 0.6 is 0 Å². The normalized spacial score (nSPS) is 13.4. The molecule has 166 valence electrons. The van der Waals surface area contributed by atoms with Crippen LogP contribution in [0, 0.1) is 0 Å². The molecule has 0 saturated carbocycles. The van der Waals surface area contributed by atoms with Gasteiger partial charge in [-0.1, -0.05) is 36.4 Å². The van der Waals surface area contributed by atoms with Gasteiger partial charge in [-0.2, -0.15) is 0 Å². The highest BCUT2D eigenvalue weighted by Crippen LogP contribution is 2.35. The number of para-hydroxylation sites is 2. The van der Waals surface area contributed by atoms with Crippen molar-refractivity contribution in [3.05, 3.63) is 83.9 Å². The number of nitrogens with zero attached hydrogens (tertiary/aromatic N) is 2. The summed E-state index contributed by atoms with van der Waals surface area (Å²) in [5, 5.41) is 0. The van der Waals surface area contributed by atoms with Gasteiger partial charge in [-0.05, 0) is 61.7 Å². The van der Waals surface area contributed by atoms with Crippen LogP contribution in [0.15, 0.2) is 77.7 Å². The number of methoxy groups -OCH3 is 1. The molecule has 4 rings (SSSR count). The molecule has 1 amide bonds. The summed E-state index contributed by atoms with van der Waals surface area (Å²) in [6.07, 6.45) is 1.56. The molecule has 0 aromatic heterocycles. The number of hydrogen-bond donors (Lipinski definition) is 0. The maximum Gasteiger partial charge on any atom is 0.268 e. The van der Waals surface area contributed by atoms with Crippen LogP contribution in [0.2, 0.25) is 0 Å². The molecule has 1 heterocycles. The monoisotopic (exact) mass is 450 g/mol. The van der Waals surface area contributed by atoms with E-state index in [0.717, 1.165) is 24.1 Å². The van der Waals surface area contributed by atoms with Crippen LogP contribution in [0.5, 0.6) is 5.75 Å². The topological polar surface area (TPSA) is 66.9 Å². The number of ether oxygens (including phenoxy) is 1. The van der Waals surface area contributed by atoms with Gasteiger partial charge in [0.1, 0.15) is 10.6 Å². The molecule has 0 unspecified atom stereocenters. The van der Waals surface area contributed by atoms with Crippen molar-refractivity contribution in [3.8, 4) is 5.75 Å². The molecule has 0 aliphatic carbocycles. The van der Waals surface area contributed by atoms with Gasteiger partial charge in [-0.3, -0.25) is 9.10 Å². The molecule has 0 atom stereocenters. The third-order valence-corrected chi connectivity index (χ3v) is 7.51. The molecule has 7 heteroatoms. The van der Waals surface area contributed by atoms with E-state index in [2.05, 4.69) is 0 Å². The lowest BCUT2D eigenvalue weighted by molar-refractivity contribution is 0.0988. The maximum absolute atomic E-state index is 13.7. The van der Waals surface area contributed by atoms with Gasteiger partial charge in [-0.25, -0.2) is 8.42 Å². The second-order valence-electron chi connectivity index (χ2n) is 7.56. The number of fused-ring (bicyclic) bond motifs is 1. The van der Waals surface area contributed by atoms with Gasteiger partial charge in [0, 0.05) is 24.3 Å². The summed E-state index contributed by atoms with van der Waals surface area (Å²) < 4.78 is 34.3. The first-order valence-electron chi connectivity index (χ1n) is 10.6. The van der Waals surface area contributed by atoms with Gasteiger partial charge < -0.3 is 9.64 Å². The van der Waals surface area contributed by atoms with E-state index in [4.69, 9.17) is 4.74 Å². The first kappa shape index (κ1) is 21.9. The number of sulfonamides is 1. The maximum atomic E-state index is 13.7. The molecule has 0 radical (unpaired) electrons. The lowest BCUT2D eigenvalue weighted by Gasteiger charge is -2.31. The molecule has 3 aromatic rings. The Kier molecular flexibility index (Phi) is 6.19. The van der Waals surface area contributed by atoms with Crippen molar-refractivity contribution < 1.29 is 17.9 Å². The Bertz CT molecular complexity index is 1230. The van der Waals surface area contributed by atoms with Crippen LogP contribution in [0.25, 0.3) is 0 Å². The Labute approximate surface area is 189 Å². The molecular formula is C25H26N2O4S. The highest BCUT2D eigenvalue weighted by atomic mass is 32.2. The minimum atomic E-state index is -3.93. The van der Waals surface area contributed by atoms with Crippen LogP contribution in [0.3, 0.4) is 0 Å². The summed E-state index contributed by atoms with van der Waals surface area (Å²) in [6, 6.07) is 21.4. The first-order valence-corrected chi connectivity index (χ1v) is 12.1. The number of amides is 1. The zero-order chi connectivity index (χ0) is 22.7. The molecule has 0 spiro atoms. The highest BCUT2D eigenvalue weighted by molar-refractivity contribution is 7.93. The molecule has 1 aliphatic heterocycles. The summed E-state index contributed by atoms with van der Waals surface area (Å²) in [5.74, 6) is -0.0517. The largest absolute Gasteiger partial charge is 0.495 e. The van der Waals surface area contributed by atoms with E-state index in [1.54, 1.807) is 17.0 Å². The molecular weight excluding hydrogens is 424 g/mol. The summed E-state index contributed by atoms with van der Waals surface area (Å²) in [6.45, 7) is 2.72. The van der Waals surface area contributed by atoms with E-state index in [1.165, 1.54) is 17.5 Å². The molecule has 0 saturated heterocycles. The Morgan fingerprint density at radius 2 is 1.75 bits per heavy atom. The molecule has 1 aliphatic rings. The molecule has 0 fully saturated rings. The van der Waals surface area contributed by atoms with Crippen LogP contribution < -0.4 is 13.9 Å². The van der Waals surface area contributed by atoms with E-state index in [1.807, 2.05) is 61.5 Å². The standard InChI is InChI=1S/C25H26N2O4S/c1-3-26(21-12-5-4-6-13-21)25(28)20-15-16-23(31-2)24(18-20)32(29,30)27-17-9-11-19-10-7-8-14-22(19)27/h4-8,10,12-16,18H,3,9,11,17H2,1-2H3. The van der Waals surface area contributed by atoms with Gasteiger partial charge in [0.05, 0.1) is 12.8 Å². The summed E-state index contributed by atoms with van der Waals surface area (Å²) in [7, 11) is -2.50. The average Bonchev–Trinajstić information content (AvgIpc) is 2.84. The van der Waals surface area contributed by atoms with E-state index in [-0.39, 0.29) is 16.6 Å². The number of rotatable bonds is 6. The van der Waals surface area contributed by atoms with Crippen LogP contribution in [0.1, 0.15) is 29.3 Å². The molecule has 0 N–H and O–H groups in total. The number of carbonyl (C=O) groups excluding carboxylic acids is 1. The zero-order valence-corrected chi connectivity index (χ0v) is 19.0. The van der Waals surface area contributed by atoms with Crippen molar-refractivity contribution in [1.82, 2.24) is 0 Å². The Balaban J connectivity index is 1.77. The molecule has 3 aromatic carbocycles. The van der Waals surface area contributed by atoms with Crippen LogP contribution in [0.4, 0.5) is 11.4 Å². The molecule has 32 heavy (non-hydrogen) atoms. The second-order valence-corrected chi connectivity index (χ2v) is 9.39. The first-order chi connectivity index (χ1) is 15.5. The minimum absolute atomic E-state index is 0.00771. The lowest BCUT2D eigenvalue weighted by Crippen LogP contribution is -2.36. The quantitative estimate of drug-likeness (QED) is 0.554. The summed E-state index contributed by atoms with van der Waals surface area (Å²) in [5.41, 5.74) is 2.72. The zero-order valence-electron chi connectivity index (χ0n) is 18.2. The van der Waals surface area contributed by atoms with Gasteiger partial charge in [-0.15, -0.1) is 0 Å². The smallest absolute Gasteiger partial charge is 0.268 e. The van der Waals surface area contributed by atoms with Crippen molar-refractivity contribution in [1.29, 1.82) is 0 Å². The van der Waals surface area contributed by atoms with E-state index < -0.39 is 10.0 Å². The fourth-order valence-electron chi connectivity index (χ4n) is 4.09. The predicted octanol–water partition coefficient (Wildman–Crippen LogP) is 4.50. The number of anilines is 2. The van der Waals surface area contributed by atoms with Crippen molar-refractivity contribution >= 4 is 27.3 Å². The summed E-state index contributed by atoms with van der Waals surface area (Å²) >= 11 is 0.